The van der Waals surface area contributed by atoms with Gasteiger partial charge in [0.2, 0.25) is 5.91 Å². The highest BCUT2D eigenvalue weighted by atomic mass is 79.9. The molecule has 0 spiro atoms. The van der Waals surface area contributed by atoms with Gasteiger partial charge in [0.1, 0.15) is 16.8 Å². The Morgan fingerprint density at radius 1 is 1.03 bits per heavy atom. The van der Waals surface area contributed by atoms with Gasteiger partial charge < -0.3 is 14.8 Å². The van der Waals surface area contributed by atoms with E-state index < -0.39 is 29.2 Å². The van der Waals surface area contributed by atoms with Gasteiger partial charge in [-0.05, 0) is 82.0 Å². The number of esters is 1. The lowest BCUT2D eigenvalue weighted by molar-refractivity contribution is -0.191. The van der Waals surface area contributed by atoms with Gasteiger partial charge in [0.05, 0.1) is 11.6 Å². The third kappa shape index (κ3) is 6.35. The third-order valence-corrected chi connectivity index (χ3v) is 7.25. The van der Waals surface area contributed by atoms with Gasteiger partial charge in [-0.15, -0.1) is 0 Å². The quantitative estimate of drug-likeness (QED) is 0.258. The molecule has 7 nitrogen and oxygen atoms in total. The highest BCUT2D eigenvalue weighted by molar-refractivity contribution is 9.10. The Labute approximate surface area is 228 Å². The molecule has 37 heavy (non-hydrogen) atoms. The molecule has 1 aliphatic rings. The van der Waals surface area contributed by atoms with E-state index in [2.05, 4.69) is 28.2 Å². The molecule has 0 aliphatic carbocycles. The van der Waals surface area contributed by atoms with Gasteiger partial charge in [-0.2, -0.15) is 0 Å². The number of hydrogen-bond acceptors (Lipinski definition) is 5. The van der Waals surface area contributed by atoms with Crippen LogP contribution in [0.15, 0.2) is 53.0 Å². The number of ether oxygens (including phenoxy) is 2. The van der Waals surface area contributed by atoms with Gasteiger partial charge in [-0.3, -0.25) is 4.79 Å². The van der Waals surface area contributed by atoms with E-state index in [1.54, 1.807) is 24.3 Å². The van der Waals surface area contributed by atoms with Crippen LogP contribution >= 0.6 is 15.9 Å². The molecule has 0 radical (unpaired) electrons. The fourth-order valence-corrected chi connectivity index (χ4v) is 4.82. The Hall–Kier alpha value is -2.87. The first-order chi connectivity index (χ1) is 17.5. The summed E-state index contributed by atoms with van der Waals surface area (Å²) < 4.78 is 12.6. The lowest BCUT2D eigenvalue weighted by Crippen LogP contribution is -2.73. The molecule has 1 saturated heterocycles. The third-order valence-electron chi connectivity index (χ3n) is 6.72. The first kappa shape index (κ1) is 28.7. The van der Waals surface area contributed by atoms with Crippen LogP contribution in [0.1, 0.15) is 89.2 Å². The minimum atomic E-state index is -0.793. The minimum Gasteiger partial charge on any atom is -0.469 e. The topological polar surface area (TPSA) is 84.9 Å². The van der Waals surface area contributed by atoms with Crippen molar-refractivity contribution in [1.29, 1.82) is 0 Å². The van der Waals surface area contributed by atoms with Crippen molar-refractivity contribution in [1.82, 2.24) is 10.2 Å². The Bertz CT molecular complexity index is 1100. The van der Waals surface area contributed by atoms with Gasteiger partial charge in [0, 0.05) is 4.47 Å². The number of likely N-dealkylation sites (tertiary alicyclic amines) is 1. The van der Waals surface area contributed by atoms with Crippen LogP contribution in [0.5, 0.6) is 5.75 Å². The number of carbonyl (C=O) groups excluding carboxylic acids is 3. The highest BCUT2D eigenvalue weighted by Crippen LogP contribution is 2.46. The number of nitrogens with one attached hydrogen (secondary N) is 1. The molecule has 0 saturated carbocycles. The summed E-state index contributed by atoms with van der Waals surface area (Å²) in [5.41, 5.74) is -0.0198. The lowest BCUT2D eigenvalue weighted by atomic mass is 9.72. The second-order valence-corrected chi connectivity index (χ2v) is 11.3. The van der Waals surface area contributed by atoms with Gasteiger partial charge in [0.15, 0.2) is 6.23 Å². The van der Waals surface area contributed by atoms with Gasteiger partial charge in [-0.25, -0.2) is 14.5 Å². The molecule has 3 rings (SSSR count). The lowest BCUT2D eigenvalue weighted by Gasteiger charge is -2.53. The zero-order chi connectivity index (χ0) is 27.4. The molecule has 0 aromatic heterocycles. The van der Waals surface area contributed by atoms with Crippen LogP contribution in [-0.4, -0.2) is 34.6 Å². The van der Waals surface area contributed by atoms with Crippen LogP contribution in [0, 0.1) is 5.41 Å². The minimum absolute atomic E-state index is 0.231. The summed E-state index contributed by atoms with van der Waals surface area (Å²) in [7, 11) is 0. The number of rotatable bonds is 9. The second kappa shape index (κ2) is 11.7. The summed E-state index contributed by atoms with van der Waals surface area (Å²) >= 11 is 3.45. The molecule has 2 aromatic rings. The fraction of sp³-hybridized carbons (Fsp3) is 0.483. The van der Waals surface area contributed by atoms with Crippen molar-refractivity contribution in [2.75, 3.05) is 0 Å². The van der Waals surface area contributed by atoms with Crippen molar-refractivity contribution in [2.24, 2.45) is 5.41 Å². The standard InChI is InChI=1S/C29H37BrN2O5/c1-7-10-23(19-11-15-21(30)16-12-19)31-27(35)32-25(34)29(8-2,9-3)26(32)36-22-17-13-20(14-18-22)24(33)37-28(4,5)6/h11-18,23,26H,7-10H2,1-6H3,(H,31,35)/t23-,26+/m1/s1. The van der Waals surface area contributed by atoms with Crippen LogP contribution in [0.25, 0.3) is 0 Å². The van der Waals surface area contributed by atoms with Crippen molar-refractivity contribution in [3.05, 3.63) is 64.1 Å². The number of hydrogen-bond donors (Lipinski definition) is 1. The molecule has 3 amide bonds. The van der Waals surface area contributed by atoms with E-state index in [1.807, 2.05) is 58.9 Å². The molecular weight excluding hydrogens is 536 g/mol. The van der Waals surface area contributed by atoms with Crippen LogP contribution in [0.3, 0.4) is 0 Å². The predicted molar refractivity (Wildman–Crippen MR) is 146 cm³/mol. The average molecular weight is 574 g/mol. The predicted octanol–water partition coefficient (Wildman–Crippen LogP) is 7.01. The average Bonchev–Trinajstić information content (AvgIpc) is 2.84. The zero-order valence-electron chi connectivity index (χ0n) is 22.5. The SMILES string of the molecule is CCC[C@@H](NC(=O)N1C(=O)C(CC)(CC)[C@@H]1Oc1ccc(C(=O)OC(C)(C)C)cc1)c1ccc(Br)cc1. The molecule has 0 unspecified atom stereocenters. The van der Waals surface area contributed by atoms with Crippen LogP contribution in [0.4, 0.5) is 4.79 Å². The van der Waals surface area contributed by atoms with E-state index in [1.165, 1.54) is 4.90 Å². The van der Waals surface area contributed by atoms with Crippen molar-refractivity contribution in [3.63, 3.8) is 0 Å². The number of nitrogens with zero attached hydrogens (tertiary/aromatic N) is 1. The summed E-state index contributed by atoms with van der Waals surface area (Å²) in [6, 6.07) is 13.7. The number of halogens is 1. The number of amides is 3. The highest BCUT2D eigenvalue weighted by Gasteiger charge is 2.63. The number of imide groups is 1. The molecule has 200 valence electrons. The van der Waals surface area contributed by atoms with Crippen molar-refractivity contribution in [3.8, 4) is 5.75 Å². The molecule has 2 atom stereocenters. The Morgan fingerprint density at radius 3 is 2.14 bits per heavy atom. The van der Waals surface area contributed by atoms with Crippen molar-refractivity contribution < 1.29 is 23.9 Å². The second-order valence-electron chi connectivity index (χ2n) is 10.4. The Morgan fingerprint density at radius 2 is 1.62 bits per heavy atom. The summed E-state index contributed by atoms with van der Waals surface area (Å²) in [5.74, 6) is -0.200. The zero-order valence-corrected chi connectivity index (χ0v) is 24.1. The molecular formula is C29H37BrN2O5. The smallest absolute Gasteiger partial charge is 0.338 e. The number of urea groups is 1. The van der Waals surface area contributed by atoms with Gasteiger partial charge >= 0.3 is 12.0 Å². The molecule has 1 N–H and O–H groups in total. The first-order valence-electron chi connectivity index (χ1n) is 12.9. The van der Waals surface area contributed by atoms with E-state index in [0.717, 1.165) is 22.9 Å². The maximum Gasteiger partial charge on any atom is 0.338 e. The van der Waals surface area contributed by atoms with E-state index in [9.17, 15) is 14.4 Å². The van der Waals surface area contributed by atoms with Crippen LogP contribution in [-0.2, 0) is 9.53 Å². The molecule has 1 heterocycles. The Kier molecular flexibility index (Phi) is 9.05. The van der Waals surface area contributed by atoms with Gasteiger partial charge in [0.25, 0.3) is 0 Å². The van der Waals surface area contributed by atoms with Crippen LogP contribution < -0.4 is 10.1 Å². The number of benzene rings is 2. The summed E-state index contributed by atoms with van der Waals surface area (Å²) in [5, 5.41) is 3.04. The maximum absolute atomic E-state index is 13.4. The number of carbonyl (C=O) groups is 3. The summed E-state index contributed by atoms with van der Waals surface area (Å²) in [6.45, 7) is 11.4. The summed E-state index contributed by atoms with van der Waals surface area (Å²) in [4.78, 5) is 40.3. The van der Waals surface area contributed by atoms with Gasteiger partial charge in [-0.1, -0.05) is 55.3 Å². The molecule has 0 bridgehead atoms. The molecule has 1 fully saturated rings. The van der Waals surface area contributed by atoms with E-state index in [-0.39, 0.29) is 11.9 Å². The van der Waals surface area contributed by atoms with Crippen LogP contribution in [0.2, 0.25) is 0 Å². The van der Waals surface area contributed by atoms with E-state index >= 15 is 0 Å². The molecule has 8 heteroatoms. The molecule has 1 aliphatic heterocycles. The van der Waals surface area contributed by atoms with E-state index in [4.69, 9.17) is 9.47 Å². The first-order valence-corrected chi connectivity index (χ1v) is 13.6. The van der Waals surface area contributed by atoms with Crippen molar-refractivity contribution >= 4 is 33.8 Å². The summed E-state index contributed by atoms with van der Waals surface area (Å²) in [6.07, 6.45) is 1.93. The monoisotopic (exact) mass is 572 g/mol. The Balaban J connectivity index is 1.80. The maximum atomic E-state index is 13.4. The normalized spacial score (nSPS) is 17.5. The largest absolute Gasteiger partial charge is 0.469 e. The fourth-order valence-electron chi connectivity index (χ4n) is 4.56. The number of β-lactam (4-membered cyclic amide) rings is 1. The van der Waals surface area contributed by atoms with E-state index in [0.29, 0.717) is 24.2 Å². The molecule has 2 aromatic carbocycles. The van der Waals surface area contributed by atoms with Crippen molar-refractivity contribution in [2.45, 2.75) is 85.1 Å².